The van der Waals surface area contributed by atoms with E-state index in [1.165, 1.54) is 29.9 Å². The molecule has 1 fully saturated rings. The molecule has 1 unspecified atom stereocenters. The number of aryl methyl sites for hydroxylation is 1. The van der Waals surface area contributed by atoms with Gasteiger partial charge < -0.3 is 15.4 Å². The Kier molecular flexibility index (Phi) is 5.57. The second-order valence-electron chi connectivity index (χ2n) is 10.4. The highest BCUT2D eigenvalue weighted by Crippen LogP contribution is 2.35. The Balaban J connectivity index is 1.18. The Bertz CT molecular complexity index is 1890. The highest BCUT2D eigenvalue weighted by molar-refractivity contribution is 6.10. The lowest BCUT2D eigenvalue weighted by molar-refractivity contribution is 0.0343. The molecule has 5 aromatic rings. The lowest BCUT2D eigenvalue weighted by atomic mass is 9.95. The molecule has 10 heteroatoms. The molecule has 4 heterocycles. The number of nitrogen functional groups attached to an aromatic ring is 1. The first-order chi connectivity index (χ1) is 19.4. The van der Waals surface area contributed by atoms with E-state index in [4.69, 9.17) is 10.5 Å². The summed E-state index contributed by atoms with van der Waals surface area (Å²) in [5.74, 6) is 5.54. The Hall–Kier alpha value is -4.75. The van der Waals surface area contributed by atoms with E-state index in [0.717, 1.165) is 22.3 Å². The van der Waals surface area contributed by atoms with Crippen molar-refractivity contribution in [2.24, 2.45) is 7.05 Å². The zero-order chi connectivity index (χ0) is 27.5. The molecule has 1 saturated carbocycles. The first kappa shape index (κ1) is 24.3. The fraction of sp³-hybridized carbons (Fsp3) is 0.267. The number of pyridine rings is 1. The van der Waals surface area contributed by atoms with Crippen LogP contribution in [0.15, 0.2) is 48.9 Å². The van der Waals surface area contributed by atoms with Gasteiger partial charge in [0.15, 0.2) is 0 Å². The zero-order valence-electron chi connectivity index (χ0n) is 22.1. The minimum atomic E-state index is -0.662. The van der Waals surface area contributed by atoms with Crippen molar-refractivity contribution < 1.29 is 13.9 Å². The summed E-state index contributed by atoms with van der Waals surface area (Å²) in [6.07, 6.45) is 7.74. The van der Waals surface area contributed by atoms with E-state index >= 15 is 4.39 Å². The first-order valence-corrected chi connectivity index (χ1v) is 13.1. The third-order valence-corrected chi connectivity index (χ3v) is 7.72. The van der Waals surface area contributed by atoms with Gasteiger partial charge in [-0.3, -0.25) is 14.2 Å². The summed E-state index contributed by atoms with van der Waals surface area (Å²) in [5, 5.41) is 9.91. The maximum atomic E-state index is 15.3. The Labute approximate surface area is 229 Å². The highest BCUT2D eigenvalue weighted by atomic mass is 19.1. The van der Waals surface area contributed by atoms with Crippen LogP contribution in [0.4, 0.5) is 10.2 Å². The molecule has 1 atom stereocenters. The van der Waals surface area contributed by atoms with Gasteiger partial charge in [-0.15, -0.1) is 0 Å². The van der Waals surface area contributed by atoms with Crippen LogP contribution in [0.2, 0.25) is 0 Å². The van der Waals surface area contributed by atoms with Gasteiger partial charge in [-0.2, -0.15) is 10.2 Å². The van der Waals surface area contributed by atoms with E-state index in [1.54, 1.807) is 31.2 Å². The van der Waals surface area contributed by atoms with Crippen LogP contribution in [-0.2, 0) is 18.4 Å². The third kappa shape index (κ3) is 4.06. The number of likely N-dealkylation sites (N-methyl/N-ethyl adjacent to an activating group) is 1. The molecule has 0 saturated heterocycles. The molecule has 2 aromatic carbocycles. The Morgan fingerprint density at radius 1 is 1.12 bits per heavy atom. The summed E-state index contributed by atoms with van der Waals surface area (Å²) >= 11 is 0. The quantitative estimate of drug-likeness (QED) is 0.349. The molecule has 7 rings (SSSR count). The van der Waals surface area contributed by atoms with Gasteiger partial charge in [0, 0.05) is 37.3 Å². The predicted molar refractivity (Wildman–Crippen MR) is 148 cm³/mol. The number of hydrogen-bond acceptors (Lipinski definition) is 6. The number of hydrogen-bond donors (Lipinski definition) is 1. The summed E-state index contributed by atoms with van der Waals surface area (Å²) < 4.78 is 24.8. The summed E-state index contributed by atoms with van der Waals surface area (Å²) in [4.78, 5) is 19.5. The zero-order valence-corrected chi connectivity index (χ0v) is 22.1. The number of amides is 1. The highest BCUT2D eigenvalue weighted by Gasteiger charge is 2.30. The van der Waals surface area contributed by atoms with Crippen LogP contribution in [-0.4, -0.2) is 49.0 Å². The lowest BCUT2D eigenvalue weighted by Gasteiger charge is -2.33. The summed E-state index contributed by atoms with van der Waals surface area (Å²) in [6, 6.07) is 8.84. The molecule has 2 aliphatic rings. The van der Waals surface area contributed by atoms with Gasteiger partial charge in [-0.25, -0.2) is 9.37 Å². The van der Waals surface area contributed by atoms with Gasteiger partial charge in [0.1, 0.15) is 11.6 Å². The molecular formula is C30H26FN7O2. The molecule has 200 valence electrons. The molecule has 0 bridgehead atoms. The topological polar surface area (TPSA) is 104 Å². The van der Waals surface area contributed by atoms with Crippen LogP contribution in [0.3, 0.4) is 0 Å². The predicted octanol–water partition coefficient (Wildman–Crippen LogP) is 4.12. The number of carbonyl (C=O) groups excluding carboxylic acids is 1. The summed E-state index contributed by atoms with van der Waals surface area (Å²) in [5.41, 5.74) is 10.7. The van der Waals surface area contributed by atoms with Gasteiger partial charge >= 0.3 is 0 Å². The molecule has 2 N–H and O–H groups in total. The minimum Gasteiger partial charge on any atom is -0.383 e. The van der Waals surface area contributed by atoms with Crippen LogP contribution in [0, 0.1) is 17.7 Å². The smallest absolute Gasteiger partial charge is 0.257 e. The van der Waals surface area contributed by atoms with Crippen LogP contribution in [0.1, 0.15) is 57.5 Å². The summed E-state index contributed by atoms with van der Waals surface area (Å²) in [6.45, 7) is 0.721. The van der Waals surface area contributed by atoms with Crippen molar-refractivity contribution in [1.29, 1.82) is 0 Å². The fourth-order valence-corrected chi connectivity index (χ4v) is 5.38. The first-order valence-electron chi connectivity index (χ1n) is 13.1. The van der Waals surface area contributed by atoms with Crippen LogP contribution >= 0.6 is 0 Å². The van der Waals surface area contributed by atoms with Gasteiger partial charge in [-0.1, -0.05) is 17.9 Å². The minimum absolute atomic E-state index is 0.0505. The van der Waals surface area contributed by atoms with E-state index in [-0.39, 0.29) is 17.4 Å². The van der Waals surface area contributed by atoms with E-state index in [9.17, 15) is 4.79 Å². The van der Waals surface area contributed by atoms with Gasteiger partial charge in [0.2, 0.25) is 0 Å². The molecule has 0 spiro atoms. The number of carbonyl (C=O) groups is 1. The Morgan fingerprint density at radius 2 is 1.95 bits per heavy atom. The number of rotatable bonds is 3. The number of fused-ring (bicyclic) bond motifs is 4. The van der Waals surface area contributed by atoms with Crippen LogP contribution in [0.25, 0.3) is 21.8 Å². The van der Waals surface area contributed by atoms with E-state index in [2.05, 4.69) is 27.0 Å². The molecule has 1 aliphatic carbocycles. The van der Waals surface area contributed by atoms with Crippen molar-refractivity contribution in [1.82, 2.24) is 29.4 Å². The summed E-state index contributed by atoms with van der Waals surface area (Å²) in [7, 11) is 3.44. The molecular weight excluding hydrogens is 509 g/mol. The largest absolute Gasteiger partial charge is 0.383 e. The molecule has 0 radical (unpaired) electrons. The fourth-order valence-electron chi connectivity index (χ4n) is 5.38. The number of nitrogens with two attached hydrogens (primary N) is 1. The third-order valence-electron chi connectivity index (χ3n) is 7.72. The number of anilines is 1. The average molecular weight is 536 g/mol. The molecule has 1 amide bonds. The van der Waals surface area contributed by atoms with Gasteiger partial charge in [-0.05, 0) is 42.2 Å². The van der Waals surface area contributed by atoms with Crippen LogP contribution < -0.4 is 5.73 Å². The number of halogens is 1. The van der Waals surface area contributed by atoms with E-state index in [1.807, 2.05) is 29.1 Å². The van der Waals surface area contributed by atoms with Crippen LogP contribution in [0.5, 0.6) is 0 Å². The van der Waals surface area contributed by atoms with Crippen molar-refractivity contribution >= 4 is 33.5 Å². The standard InChI is InChI=1S/C30H26FN7O2/c1-36(30(39)22-10-23-26(11-25(22)31)35-29(32)24-13-33-37(2)28(23)24)27-16-40-15-19-9-17(5-8-21(19)27)3-4-18-12-34-38(14-18)20-6-7-20/h5,8-14,20,27H,6-7,15-16H2,1-2H3,(H2,32,35). The Morgan fingerprint density at radius 3 is 2.77 bits per heavy atom. The molecule has 9 nitrogen and oxygen atoms in total. The maximum Gasteiger partial charge on any atom is 0.257 e. The van der Waals surface area contributed by atoms with Crippen molar-refractivity contribution in [3.63, 3.8) is 0 Å². The van der Waals surface area contributed by atoms with Gasteiger partial charge in [0.05, 0.1) is 65.2 Å². The number of ether oxygens (including phenoxy) is 1. The molecule has 3 aromatic heterocycles. The van der Waals surface area contributed by atoms with Crippen molar-refractivity contribution in [2.75, 3.05) is 19.4 Å². The molecule has 40 heavy (non-hydrogen) atoms. The molecule has 1 aliphatic heterocycles. The monoisotopic (exact) mass is 535 g/mol. The normalized spacial score (nSPS) is 16.5. The van der Waals surface area contributed by atoms with E-state index in [0.29, 0.717) is 41.1 Å². The number of aromatic nitrogens is 5. The number of nitrogens with zero attached hydrogens (tertiary/aromatic N) is 6. The maximum absolute atomic E-state index is 15.3. The second-order valence-corrected chi connectivity index (χ2v) is 10.4. The average Bonchev–Trinajstić information content (AvgIpc) is 3.57. The van der Waals surface area contributed by atoms with Gasteiger partial charge in [0.25, 0.3) is 5.91 Å². The number of benzene rings is 2. The lowest BCUT2D eigenvalue weighted by Crippen LogP contribution is -2.36. The van der Waals surface area contributed by atoms with Crippen molar-refractivity contribution in [2.45, 2.75) is 31.5 Å². The van der Waals surface area contributed by atoms with Crippen molar-refractivity contribution in [3.8, 4) is 11.8 Å². The van der Waals surface area contributed by atoms with E-state index < -0.39 is 11.7 Å². The second kappa shape index (κ2) is 9.17. The SMILES string of the molecule is CN(C(=O)c1cc2c(cc1F)nc(N)c1cnn(C)c12)C1COCc2cc(C#Cc3cnn(C4CC4)c3)ccc21. The van der Waals surface area contributed by atoms with Crippen molar-refractivity contribution in [3.05, 3.63) is 82.6 Å².